The molecule has 2 aliphatic heterocycles. The molecule has 9 heteroatoms. The molecule has 2 aromatic rings. The van der Waals surface area contributed by atoms with Gasteiger partial charge in [0.05, 0.1) is 11.0 Å². The van der Waals surface area contributed by atoms with Gasteiger partial charge in [0.15, 0.2) is 0 Å². The van der Waals surface area contributed by atoms with Crippen LogP contribution in [0.25, 0.3) is 0 Å². The third-order valence-corrected chi connectivity index (χ3v) is 7.43. The predicted molar refractivity (Wildman–Crippen MR) is 124 cm³/mol. The fourth-order valence-corrected chi connectivity index (χ4v) is 5.28. The van der Waals surface area contributed by atoms with E-state index in [-0.39, 0.29) is 22.8 Å². The van der Waals surface area contributed by atoms with Crippen LogP contribution in [0.2, 0.25) is 0 Å². The van der Waals surface area contributed by atoms with E-state index in [1.54, 1.807) is 35.2 Å². The van der Waals surface area contributed by atoms with Gasteiger partial charge in [-0.05, 0) is 62.9 Å². The number of nitrogens with zero attached hydrogens (tertiary/aromatic N) is 1. The summed E-state index contributed by atoms with van der Waals surface area (Å²) in [5.74, 6) is -0.464. The number of rotatable bonds is 7. The fraction of sp³-hybridized carbons (Fsp3) is 0.417. The van der Waals surface area contributed by atoms with Crippen LogP contribution in [-0.4, -0.2) is 57.0 Å². The summed E-state index contributed by atoms with van der Waals surface area (Å²) in [6.45, 7) is 3.54. The Morgan fingerprint density at radius 1 is 1.09 bits per heavy atom. The highest BCUT2D eigenvalue weighted by molar-refractivity contribution is 7.92. The highest BCUT2D eigenvalue weighted by atomic mass is 32.2. The number of amides is 2. The van der Waals surface area contributed by atoms with Gasteiger partial charge >= 0.3 is 0 Å². The zero-order valence-electron chi connectivity index (χ0n) is 18.6. The van der Waals surface area contributed by atoms with Gasteiger partial charge in [0, 0.05) is 30.9 Å². The summed E-state index contributed by atoms with van der Waals surface area (Å²) in [6, 6.07) is 12.4. The number of sulfonamides is 1. The molecule has 0 aromatic heterocycles. The summed E-state index contributed by atoms with van der Waals surface area (Å²) in [7, 11) is -3.78. The molecule has 4 rings (SSSR count). The van der Waals surface area contributed by atoms with Crippen LogP contribution < -0.4 is 10.0 Å². The number of anilines is 1. The van der Waals surface area contributed by atoms with E-state index in [1.807, 2.05) is 6.92 Å². The Hall–Kier alpha value is -2.91. The monoisotopic (exact) mass is 471 g/mol. The van der Waals surface area contributed by atoms with Crippen molar-refractivity contribution in [2.24, 2.45) is 0 Å². The summed E-state index contributed by atoms with van der Waals surface area (Å²) in [5.41, 5.74) is 1.58. The van der Waals surface area contributed by atoms with Gasteiger partial charge in [-0.15, -0.1) is 0 Å². The second-order valence-electron chi connectivity index (χ2n) is 8.54. The lowest BCUT2D eigenvalue weighted by atomic mass is 10.1. The first-order chi connectivity index (χ1) is 15.8. The Balaban J connectivity index is 1.44. The smallest absolute Gasteiger partial charge is 0.261 e. The third kappa shape index (κ3) is 5.54. The Labute approximate surface area is 194 Å². The lowest BCUT2D eigenvalue weighted by molar-refractivity contribution is -0.125. The van der Waals surface area contributed by atoms with E-state index < -0.39 is 16.1 Å². The standard InChI is InChI=1S/C24H29N3O5S/c1-17-9-11-21(12-10-17)33(30,31)26-19-6-2-5-18(15-19)24(29)27-13-3-8-22(27)23(28)25-16-20-7-4-14-32-20/h2,5-6,9-12,15,20,22,26H,3-4,7-8,13-14,16H2,1H3,(H,25,28). The van der Waals surface area contributed by atoms with Crippen molar-refractivity contribution in [1.82, 2.24) is 10.2 Å². The zero-order valence-corrected chi connectivity index (χ0v) is 19.4. The molecule has 2 heterocycles. The average molecular weight is 472 g/mol. The van der Waals surface area contributed by atoms with Crippen LogP contribution in [-0.2, 0) is 19.6 Å². The molecule has 2 aliphatic rings. The van der Waals surface area contributed by atoms with Crippen LogP contribution in [0.5, 0.6) is 0 Å². The molecule has 0 radical (unpaired) electrons. The van der Waals surface area contributed by atoms with Crippen molar-refractivity contribution in [2.45, 2.75) is 49.6 Å². The Morgan fingerprint density at radius 3 is 2.61 bits per heavy atom. The maximum atomic E-state index is 13.2. The van der Waals surface area contributed by atoms with E-state index in [9.17, 15) is 18.0 Å². The number of ether oxygens (including phenoxy) is 1. The molecular weight excluding hydrogens is 442 g/mol. The third-order valence-electron chi connectivity index (χ3n) is 6.04. The summed E-state index contributed by atoms with van der Waals surface area (Å²) in [4.78, 5) is 27.6. The maximum Gasteiger partial charge on any atom is 0.261 e. The van der Waals surface area contributed by atoms with Crippen molar-refractivity contribution in [3.05, 3.63) is 59.7 Å². The zero-order chi connectivity index (χ0) is 23.4. The largest absolute Gasteiger partial charge is 0.376 e. The summed E-state index contributed by atoms with van der Waals surface area (Å²) >= 11 is 0. The Kier molecular flexibility index (Phi) is 6.99. The highest BCUT2D eigenvalue weighted by Gasteiger charge is 2.35. The minimum Gasteiger partial charge on any atom is -0.376 e. The van der Waals surface area contributed by atoms with Crippen molar-refractivity contribution in [2.75, 3.05) is 24.4 Å². The van der Waals surface area contributed by atoms with Gasteiger partial charge in [-0.25, -0.2) is 8.42 Å². The van der Waals surface area contributed by atoms with Crippen LogP contribution in [0.4, 0.5) is 5.69 Å². The highest BCUT2D eigenvalue weighted by Crippen LogP contribution is 2.23. The molecule has 0 aliphatic carbocycles. The van der Waals surface area contributed by atoms with Crippen molar-refractivity contribution in [3.63, 3.8) is 0 Å². The van der Waals surface area contributed by atoms with Crippen molar-refractivity contribution in [1.29, 1.82) is 0 Å². The number of nitrogens with one attached hydrogen (secondary N) is 2. The molecule has 2 N–H and O–H groups in total. The maximum absolute atomic E-state index is 13.2. The lowest BCUT2D eigenvalue weighted by Crippen LogP contribution is -2.47. The van der Waals surface area contributed by atoms with Crippen LogP contribution in [0, 0.1) is 6.92 Å². The van der Waals surface area contributed by atoms with Crippen molar-refractivity contribution >= 4 is 27.5 Å². The van der Waals surface area contributed by atoms with E-state index in [4.69, 9.17) is 4.74 Å². The van der Waals surface area contributed by atoms with Gasteiger partial charge < -0.3 is 15.0 Å². The van der Waals surface area contributed by atoms with Crippen LogP contribution in [0.1, 0.15) is 41.6 Å². The summed E-state index contributed by atoms with van der Waals surface area (Å²) in [6.07, 6.45) is 3.31. The molecule has 0 bridgehead atoms. The molecule has 2 unspecified atom stereocenters. The summed E-state index contributed by atoms with van der Waals surface area (Å²) in [5, 5.41) is 2.92. The van der Waals surface area contributed by atoms with Crippen LogP contribution in [0.15, 0.2) is 53.4 Å². The molecule has 2 amide bonds. The quantitative estimate of drug-likeness (QED) is 0.646. The second kappa shape index (κ2) is 9.93. The first-order valence-corrected chi connectivity index (χ1v) is 12.7. The topological polar surface area (TPSA) is 105 Å². The van der Waals surface area contributed by atoms with Gasteiger partial charge in [-0.3, -0.25) is 14.3 Å². The lowest BCUT2D eigenvalue weighted by Gasteiger charge is -2.25. The minimum atomic E-state index is -3.78. The molecule has 176 valence electrons. The van der Waals surface area contributed by atoms with Gasteiger partial charge in [-0.2, -0.15) is 0 Å². The van der Waals surface area contributed by atoms with E-state index in [0.717, 1.165) is 31.4 Å². The number of carbonyl (C=O) groups excluding carboxylic acids is 2. The van der Waals surface area contributed by atoms with E-state index in [1.165, 1.54) is 18.2 Å². The van der Waals surface area contributed by atoms with E-state index in [0.29, 0.717) is 30.8 Å². The van der Waals surface area contributed by atoms with Gasteiger partial charge in [0.25, 0.3) is 15.9 Å². The second-order valence-corrected chi connectivity index (χ2v) is 10.2. The summed E-state index contributed by atoms with van der Waals surface area (Å²) < 4.78 is 33.5. The van der Waals surface area contributed by atoms with Crippen molar-refractivity contribution in [3.8, 4) is 0 Å². The molecule has 2 atom stereocenters. The fourth-order valence-electron chi connectivity index (χ4n) is 4.23. The van der Waals surface area contributed by atoms with Gasteiger partial charge in [0.1, 0.15) is 6.04 Å². The van der Waals surface area contributed by atoms with Crippen molar-refractivity contribution < 1.29 is 22.7 Å². The van der Waals surface area contributed by atoms with Gasteiger partial charge in [-0.1, -0.05) is 23.8 Å². The first-order valence-electron chi connectivity index (χ1n) is 11.2. The van der Waals surface area contributed by atoms with Crippen LogP contribution >= 0.6 is 0 Å². The minimum absolute atomic E-state index is 0.0396. The van der Waals surface area contributed by atoms with Gasteiger partial charge in [0.2, 0.25) is 5.91 Å². The Bertz CT molecular complexity index is 1110. The number of hydrogen-bond acceptors (Lipinski definition) is 5. The number of benzene rings is 2. The predicted octanol–water partition coefficient (Wildman–Crippen LogP) is 2.70. The van der Waals surface area contributed by atoms with Crippen LogP contribution in [0.3, 0.4) is 0 Å². The average Bonchev–Trinajstić information content (AvgIpc) is 3.49. The molecule has 0 saturated carbocycles. The van der Waals surface area contributed by atoms with E-state index >= 15 is 0 Å². The molecule has 2 aromatic carbocycles. The number of likely N-dealkylation sites (tertiary alicyclic amines) is 1. The number of hydrogen-bond donors (Lipinski definition) is 2. The first kappa shape index (κ1) is 23.3. The molecule has 0 spiro atoms. The normalized spacial score (nSPS) is 20.6. The number of aryl methyl sites for hydroxylation is 1. The molecule has 33 heavy (non-hydrogen) atoms. The van der Waals surface area contributed by atoms with E-state index in [2.05, 4.69) is 10.0 Å². The molecule has 2 saturated heterocycles. The molecule has 2 fully saturated rings. The molecule has 8 nitrogen and oxygen atoms in total. The SMILES string of the molecule is Cc1ccc(S(=O)(=O)Nc2cccc(C(=O)N3CCCC3C(=O)NCC3CCCO3)c2)cc1. The Morgan fingerprint density at radius 2 is 1.88 bits per heavy atom. The number of carbonyl (C=O) groups is 2. The molecular formula is C24H29N3O5S.